The summed E-state index contributed by atoms with van der Waals surface area (Å²) in [6.45, 7) is 3.88. The maximum atomic E-state index is 10.9. The number of carbonyl (C=O) groups is 1. The summed E-state index contributed by atoms with van der Waals surface area (Å²) in [5.74, 6) is -0.169. The van der Waals surface area contributed by atoms with Crippen LogP contribution in [0.3, 0.4) is 0 Å². The summed E-state index contributed by atoms with van der Waals surface area (Å²) in [5, 5.41) is 9.51. The number of halogens is 2. The first kappa shape index (κ1) is 15.3. The average Bonchev–Trinajstić information content (AvgIpc) is 2.26. The smallest absolute Gasteiger partial charge is 0.309 e. The van der Waals surface area contributed by atoms with Gasteiger partial charge >= 0.3 is 5.97 Å². The molecule has 1 aromatic carbocycles. The molecule has 0 spiro atoms. The fraction of sp³-hybridized carbons (Fsp3) is 0.462. The molecule has 0 unspecified atom stereocenters. The highest BCUT2D eigenvalue weighted by atomic mass is 79.9. The molecule has 0 radical (unpaired) electrons. The van der Waals surface area contributed by atoms with Crippen molar-refractivity contribution in [2.45, 2.75) is 26.7 Å². The first-order valence-corrected chi connectivity index (χ1v) is 6.81. The Balaban J connectivity index is 2.41. The quantitative estimate of drug-likeness (QED) is 0.785. The fourth-order valence-corrected chi connectivity index (χ4v) is 2.12. The molecule has 1 N–H and O–H groups in total. The van der Waals surface area contributed by atoms with Crippen molar-refractivity contribution < 1.29 is 14.6 Å². The summed E-state index contributed by atoms with van der Waals surface area (Å²) < 4.78 is 6.42. The standard InChI is InChI=1S/C13H16BrClO3/c1-13(2,12(16)17)6-3-7-18-11-5-4-9(14)8-10(11)15/h4-5,8H,3,6-7H2,1-2H3,(H,16,17). The van der Waals surface area contributed by atoms with Gasteiger partial charge in [-0.05, 0) is 44.9 Å². The van der Waals surface area contributed by atoms with Crippen LogP contribution in [0.1, 0.15) is 26.7 Å². The van der Waals surface area contributed by atoms with Crippen LogP contribution in [0.25, 0.3) is 0 Å². The minimum absolute atomic E-state index is 0.456. The van der Waals surface area contributed by atoms with Crippen LogP contribution in [0, 0.1) is 5.41 Å². The third-order valence-electron chi connectivity index (χ3n) is 2.68. The number of aliphatic carboxylic acids is 1. The van der Waals surface area contributed by atoms with Crippen molar-refractivity contribution >= 4 is 33.5 Å². The number of carboxylic acids is 1. The first-order valence-electron chi connectivity index (χ1n) is 5.64. The molecule has 18 heavy (non-hydrogen) atoms. The monoisotopic (exact) mass is 334 g/mol. The van der Waals surface area contributed by atoms with Gasteiger partial charge in [-0.15, -0.1) is 0 Å². The van der Waals surface area contributed by atoms with E-state index in [1.807, 2.05) is 6.07 Å². The van der Waals surface area contributed by atoms with E-state index in [1.54, 1.807) is 26.0 Å². The molecule has 5 heteroatoms. The molecule has 0 amide bonds. The van der Waals surface area contributed by atoms with Crippen LogP contribution in [0.5, 0.6) is 5.75 Å². The highest BCUT2D eigenvalue weighted by Gasteiger charge is 2.26. The van der Waals surface area contributed by atoms with Gasteiger partial charge in [-0.3, -0.25) is 4.79 Å². The van der Waals surface area contributed by atoms with E-state index < -0.39 is 11.4 Å². The number of hydrogen-bond acceptors (Lipinski definition) is 2. The van der Waals surface area contributed by atoms with Gasteiger partial charge in [0.05, 0.1) is 17.0 Å². The van der Waals surface area contributed by atoms with Gasteiger partial charge in [0.1, 0.15) is 5.75 Å². The Morgan fingerprint density at radius 3 is 2.72 bits per heavy atom. The Bertz CT molecular complexity index is 432. The normalized spacial score (nSPS) is 11.3. The Kier molecular flexibility index (Phi) is 5.47. The summed E-state index contributed by atoms with van der Waals surface area (Å²) in [6.07, 6.45) is 1.24. The van der Waals surface area contributed by atoms with Crippen molar-refractivity contribution in [3.8, 4) is 5.75 Å². The Morgan fingerprint density at radius 1 is 1.50 bits per heavy atom. The van der Waals surface area contributed by atoms with Gasteiger partial charge < -0.3 is 9.84 Å². The molecule has 0 saturated heterocycles. The van der Waals surface area contributed by atoms with Gasteiger partial charge in [-0.2, -0.15) is 0 Å². The fourth-order valence-electron chi connectivity index (χ4n) is 1.40. The van der Waals surface area contributed by atoms with E-state index in [4.69, 9.17) is 21.4 Å². The van der Waals surface area contributed by atoms with E-state index in [2.05, 4.69) is 15.9 Å². The third-order valence-corrected chi connectivity index (χ3v) is 3.47. The molecule has 1 aromatic rings. The molecule has 0 heterocycles. The lowest BCUT2D eigenvalue weighted by atomic mass is 9.88. The van der Waals surface area contributed by atoms with Gasteiger partial charge in [-0.1, -0.05) is 27.5 Å². The Labute approximate surface area is 120 Å². The predicted octanol–water partition coefficient (Wildman–Crippen LogP) is 4.37. The molecule has 3 nitrogen and oxygen atoms in total. The second kappa shape index (κ2) is 6.43. The van der Waals surface area contributed by atoms with Crippen molar-refractivity contribution in [2.75, 3.05) is 6.61 Å². The lowest BCUT2D eigenvalue weighted by molar-refractivity contribution is -0.147. The van der Waals surface area contributed by atoms with Crippen LogP contribution >= 0.6 is 27.5 Å². The number of carboxylic acid groups (broad SMARTS) is 1. The molecular weight excluding hydrogens is 319 g/mol. The topological polar surface area (TPSA) is 46.5 Å². The minimum atomic E-state index is -0.788. The van der Waals surface area contributed by atoms with E-state index in [0.717, 1.165) is 4.47 Å². The zero-order valence-corrected chi connectivity index (χ0v) is 12.7. The number of hydrogen-bond donors (Lipinski definition) is 1. The van der Waals surface area contributed by atoms with Crippen molar-refractivity contribution in [2.24, 2.45) is 5.41 Å². The van der Waals surface area contributed by atoms with Gasteiger partial charge in [0.15, 0.2) is 0 Å². The second-order valence-electron chi connectivity index (χ2n) is 4.72. The highest BCUT2D eigenvalue weighted by Crippen LogP contribution is 2.28. The van der Waals surface area contributed by atoms with Gasteiger partial charge in [0.2, 0.25) is 0 Å². The van der Waals surface area contributed by atoms with E-state index in [-0.39, 0.29) is 0 Å². The maximum Gasteiger partial charge on any atom is 0.309 e. The molecule has 0 bridgehead atoms. The molecule has 0 fully saturated rings. The molecule has 1 rings (SSSR count). The summed E-state index contributed by atoms with van der Waals surface area (Å²) in [6, 6.07) is 5.40. The Hall–Kier alpha value is -0.740. The number of ether oxygens (including phenoxy) is 1. The highest BCUT2D eigenvalue weighted by molar-refractivity contribution is 9.10. The van der Waals surface area contributed by atoms with E-state index >= 15 is 0 Å². The van der Waals surface area contributed by atoms with E-state index in [1.165, 1.54) is 0 Å². The zero-order valence-electron chi connectivity index (χ0n) is 10.4. The maximum absolute atomic E-state index is 10.9. The summed E-state index contributed by atoms with van der Waals surface area (Å²) >= 11 is 9.31. The zero-order chi connectivity index (χ0) is 13.8. The SMILES string of the molecule is CC(C)(CCCOc1ccc(Br)cc1Cl)C(=O)O. The molecule has 0 aliphatic heterocycles. The predicted molar refractivity (Wildman–Crippen MR) is 75.3 cm³/mol. The van der Waals surface area contributed by atoms with Crippen LogP contribution in [-0.2, 0) is 4.79 Å². The van der Waals surface area contributed by atoms with Crippen LogP contribution in [0.2, 0.25) is 5.02 Å². The van der Waals surface area contributed by atoms with Crippen LogP contribution in [0.15, 0.2) is 22.7 Å². The summed E-state index contributed by atoms with van der Waals surface area (Å²) in [4.78, 5) is 10.9. The lowest BCUT2D eigenvalue weighted by Crippen LogP contribution is -2.24. The van der Waals surface area contributed by atoms with Crippen molar-refractivity contribution in [1.29, 1.82) is 0 Å². The molecular formula is C13H16BrClO3. The van der Waals surface area contributed by atoms with Gasteiger partial charge in [-0.25, -0.2) is 0 Å². The molecule has 0 aromatic heterocycles. The molecule has 0 atom stereocenters. The van der Waals surface area contributed by atoms with Gasteiger partial charge in [0, 0.05) is 4.47 Å². The second-order valence-corrected chi connectivity index (χ2v) is 6.04. The van der Waals surface area contributed by atoms with E-state index in [0.29, 0.717) is 30.2 Å². The number of rotatable bonds is 6. The molecule has 100 valence electrons. The molecule has 0 aliphatic rings. The van der Waals surface area contributed by atoms with E-state index in [9.17, 15) is 4.79 Å². The lowest BCUT2D eigenvalue weighted by Gasteiger charge is -2.18. The van der Waals surface area contributed by atoms with Crippen molar-refractivity contribution in [1.82, 2.24) is 0 Å². The summed E-state index contributed by atoms with van der Waals surface area (Å²) in [5.41, 5.74) is -0.715. The molecule has 0 aliphatic carbocycles. The first-order chi connectivity index (χ1) is 8.33. The van der Waals surface area contributed by atoms with Crippen molar-refractivity contribution in [3.05, 3.63) is 27.7 Å². The summed E-state index contributed by atoms with van der Waals surface area (Å²) in [7, 11) is 0. The van der Waals surface area contributed by atoms with Crippen LogP contribution in [-0.4, -0.2) is 17.7 Å². The minimum Gasteiger partial charge on any atom is -0.492 e. The largest absolute Gasteiger partial charge is 0.492 e. The van der Waals surface area contributed by atoms with Gasteiger partial charge in [0.25, 0.3) is 0 Å². The average molecular weight is 336 g/mol. The molecule has 0 saturated carbocycles. The number of benzene rings is 1. The van der Waals surface area contributed by atoms with Crippen molar-refractivity contribution in [3.63, 3.8) is 0 Å². The third kappa shape index (κ3) is 4.50. The van der Waals surface area contributed by atoms with Crippen LogP contribution in [0.4, 0.5) is 0 Å². The Morgan fingerprint density at radius 2 is 2.17 bits per heavy atom. The van der Waals surface area contributed by atoms with Crippen LogP contribution < -0.4 is 4.74 Å².